The first-order valence-electron chi connectivity index (χ1n) is 6.24. The molecule has 0 saturated carbocycles. The Kier molecular flexibility index (Phi) is 3.14. The minimum atomic E-state index is -1.18. The molecule has 0 bridgehead atoms. The van der Waals surface area contributed by atoms with E-state index >= 15 is 0 Å². The maximum Gasteiger partial charge on any atom is 0.255 e. The molecule has 2 atom stereocenters. The van der Waals surface area contributed by atoms with Gasteiger partial charge in [-0.05, 0) is 23.3 Å². The zero-order valence-electron chi connectivity index (χ0n) is 11.2. The van der Waals surface area contributed by atoms with Crippen molar-refractivity contribution in [1.82, 2.24) is 9.88 Å². The molecule has 0 spiro atoms. The molecule has 102 valence electrons. The maximum absolute atomic E-state index is 12.5. The summed E-state index contributed by atoms with van der Waals surface area (Å²) >= 11 is 0. The highest BCUT2D eigenvalue weighted by molar-refractivity contribution is 7.84. The van der Waals surface area contributed by atoms with Gasteiger partial charge in [-0.15, -0.1) is 0 Å². The Morgan fingerprint density at radius 3 is 2.70 bits per heavy atom. The van der Waals surface area contributed by atoms with Gasteiger partial charge in [-0.2, -0.15) is 0 Å². The molecule has 0 N–H and O–H groups in total. The fourth-order valence-corrected chi connectivity index (χ4v) is 3.45. The third kappa shape index (κ3) is 1.86. The van der Waals surface area contributed by atoms with E-state index in [0.717, 1.165) is 11.1 Å². The summed E-state index contributed by atoms with van der Waals surface area (Å²) in [6.07, 6.45) is 5.07. The van der Waals surface area contributed by atoms with E-state index in [1.165, 1.54) is 0 Å². The summed E-state index contributed by atoms with van der Waals surface area (Å²) in [6, 6.07) is 9.18. The van der Waals surface area contributed by atoms with E-state index in [0.29, 0.717) is 10.5 Å². The molecule has 1 amide bonds. The minimum absolute atomic E-state index is 0.0837. The predicted octanol–water partition coefficient (Wildman–Crippen LogP) is 1.99. The predicted molar refractivity (Wildman–Crippen MR) is 76.9 cm³/mol. The standard InChI is InChI=1S/C15H14N2O2S/c1-17-14(10-5-4-8-16-9-10)11-6-3-7-12(20(2)19)13(11)15(17)18/h3-9,14H,1-2H3. The lowest BCUT2D eigenvalue weighted by Gasteiger charge is -2.20. The molecular formula is C15H14N2O2S. The number of benzene rings is 1. The topological polar surface area (TPSA) is 50.3 Å². The number of rotatable bonds is 2. The Morgan fingerprint density at radius 2 is 2.05 bits per heavy atom. The van der Waals surface area contributed by atoms with Crippen LogP contribution in [0.5, 0.6) is 0 Å². The molecule has 0 radical (unpaired) electrons. The number of aromatic nitrogens is 1. The monoisotopic (exact) mass is 286 g/mol. The summed E-state index contributed by atoms with van der Waals surface area (Å²) in [5.74, 6) is -0.0837. The number of carbonyl (C=O) groups excluding carboxylic acids is 1. The van der Waals surface area contributed by atoms with Crippen molar-refractivity contribution in [3.63, 3.8) is 0 Å². The van der Waals surface area contributed by atoms with Crippen LogP contribution < -0.4 is 0 Å². The smallest absolute Gasteiger partial charge is 0.255 e. The summed E-state index contributed by atoms with van der Waals surface area (Å²) in [7, 11) is 0.585. The van der Waals surface area contributed by atoms with Crippen LogP contribution in [0.4, 0.5) is 0 Å². The van der Waals surface area contributed by atoms with Gasteiger partial charge < -0.3 is 4.90 Å². The van der Waals surface area contributed by atoms with Gasteiger partial charge in [0.25, 0.3) is 5.91 Å². The van der Waals surface area contributed by atoms with Crippen LogP contribution in [-0.2, 0) is 10.8 Å². The van der Waals surface area contributed by atoms with Crippen molar-refractivity contribution in [3.8, 4) is 0 Å². The summed E-state index contributed by atoms with van der Waals surface area (Å²) in [4.78, 5) is 18.9. The zero-order chi connectivity index (χ0) is 14.3. The van der Waals surface area contributed by atoms with Crippen LogP contribution in [0.3, 0.4) is 0 Å². The maximum atomic E-state index is 12.5. The first-order valence-corrected chi connectivity index (χ1v) is 7.80. The Balaban J connectivity index is 2.22. The second kappa shape index (κ2) is 4.83. The lowest BCUT2D eigenvalue weighted by Crippen LogP contribution is -2.24. The molecule has 20 heavy (non-hydrogen) atoms. The van der Waals surface area contributed by atoms with Crippen molar-refractivity contribution < 1.29 is 9.00 Å². The fraction of sp³-hybridized carbons (Fsp3) is 0.200. The first kappa shape index (κ1) is 13.0. The highest BCUT2D eigenvalue weighted by Gasteiger charge is 2.37. The summed E-state index contributed by atoms with van der Waals surface area (Å²) < 4.78 is 11.8. The lowest BCUT2D eigenvalue weighted by molar-refractivity contribution is 0.0791. The van der Waals surface area contributed by atoms with E-state index < -0.39 is 10.8 Å². The van der Waals surface area contributed by atoms with E-state index in [-0.39, 0.29) is 11.9 Å². The van der Waals surface area contributed by atoms with E-state index in [4.69, 9.17) is 0 Å². The quantitative estimate of drug-likeness (QED) is 0.848. The summed E-state index contributed by atoms with van der Waals surface area (Å²) in [6.45, 7) is 0. The molecule has 2 unspecified atom stereocenters. The highest BCUT2D eigenvalue weighted by atomic mass is 32.2. The molecule has 2 aromatic rings. The third-order valence-electron chi connectivity index (χ3n) is 3.58. The van der Waals surface area contributed by atoms with Crippen molar-refractivity contribution in [2.45, 2.75) is 10.9 Å². The Hall–Kier alpha value is -2.01. The number of fused-ring (bicyclic) bond motifs is 1. The normalized spacial score (nSPS) is 19.0. The van der Waals surface area contributed by atoms with Gasteiger partial charge in [-0.25, -0.2) is 0 Å². The highest BCUT2D eigenvalue weighted by Crippen LogP contribution is 2.39. The van der Waals surface area contributed by atoms with Gasteiger partial charge in [0.05, 0.1) is 27.3 Å². The third-order valence-corrected chi connectivity index (χ3v) is 4.54. The molecule has 0 fully saturated rings. The Labute approximate surface area is 119 Å². The average Bonchev–Trinajstić information content (AvgIpc) is 2.72. The van der Waals surface area contributed by atoms with Gasteiger partial charge in [-0.3, -0.25) is 14.0 Å². The van der Waals surface area contributed by atoms with Gasteiger partial charge in [0.1, 0.15) is 0 Å². The molecule has 0 saturated heterocycles. The molecule has 1 aromatic heterocycles. The minimum Gasteiger partial charge on any atom is -0.330 e. The van der Waals surface area contributed by atoms with Crippen LogP contribution in [0, 0.1) is 0 Å². The van der Waals surface area contributed by atoms with Gasteiger partial charge in [0.2, 0.25) is 0 Å². The van der Waals surface area contributed by atoms with Crippen LogP contribution in [0.2, 0.25) is 0 Å². The van der Waals surface area contributed by atoms with Gasteiger partial charge >= 0.3 is 0 Å². The van der Waals surface area contributed by atoms with Crippen molar-refractivity contribution in [2.24, 2.45) is 0 Å². The number of hydrogen-bond donors (Lipinski definition) is 0. The van der Waals surface area contributed by atoms with Crippen molar-refractivity contribution in [1.29, 1.82) is 0 Å². The van der Waals surface area contributed by atoms with Crippen molar-refractivity contribution in [2.75, 3.05) is 13.3 Å². The fourth-order valence-electron chi connectivity index (χ4n) is 2.69. The molecule has 0 aliphatic carbocycles. The number of hydrogen-bond acceptors (Lipinski definition) is 3. The van der Waals surface area contributed by atoms with Gasteiger partial charge in [0, 0.05) is 25.7 Å². The van der Waals surface area contributed by atoms with Crippen molar-refractivity contribution in [3.05, 3.63) is 59.4 Å². The average molecular weight is 286 g/mol. The Morgan fingerprint density at radius 1 is 1.25 bits per heavy atom. The van der Waals surface area contributed by atoms with Gasteiger partial charge in [0.15, 0.2) is 0 Å². The molecule has 5 heteroatoms. The SMILES string of the molecule is CN1C(=O)c2c(cccc2S(C)=O)C1c1cccnc1. The van der Waals surface area contributed by atoms with Crippen LogP contribution >= 0.6 is 0 Å². The molecule has 2 heterocycles. The van der Waals surface area contributed by atoms with E-state index in [2.05, 4.69) is 4.98 Å². The second-order valence-corrected chi connectivity index (χ2v) is 6.13. The number of amides is 1. The van der Waals surface area contributed by atoms with Gasteiger partial charge in [-0.1, -0.05) is 18.2 Å². The summed E-state index contributed by atoms with van der Waals surface area (Å²) in [5.41, 5.74) is 2.43. The van der Waals surface area contributed by atoms with Crippen molar-refractivity contribution >= 4 is 16.7 Å². The molecule has 1 aliphatic rings. The first-order chi connectivity index (χ1) is 9.61. The second-order valence-electron chi connectivity index (χ2n) is 4.78. The van der Waals surface area contributed by atoms with E-state index in [1.54, 1.807) is 36.7 Å². The molecule has 3 rings (SSSR count). The van der Waals surface area contributed by atoms with Crippen LogP contribution in [-0.4, -0.2) is 33.3 Å². The number of pyridine rings is 1. The van der Waals surface area contributed by atoms with Crippen LogP contribution in [0.1, 0.15) is 27.5 Å². The lowest BCUT2D eigenvalue weighted by atomic mass is 9.99. The van der Waals surface area contributed by atoms with E-state index in [9.17, 15) is 9.00 Å². The molecule has 1 aliphatic heterocycles. The Bertz CT molecular complexity index is 700. The number of carbonyl (C=O) groups is 1. The molecular weight excluding hydrogens is 272 g/mol. The van der Waals surface area contributed by atoms with Crippen LogP contribution in [0.25, 0.3) is 0 Å². The molecule has 4 nitrogen and oxygen atoms in total. The number of nitrogens with zero attached hydrogens (tertiary/aromatic N) is 2. The largest absolute Gasteiger partial charge is 0.330 e. The van der Waals surface area contributed by atoms with E-state index in [1.807, 2.05) is 24.3 Å². The van der Waals surface area contributed by atoms with Crippen LogP contribution in [0.15, 0.2) is 47.6 Å². The molecule has 1 aromatic carbocycles. The summed E-state index contributed by atoms with van der Waals surface area (Å²) in [5, 5.41) is 0. The zero-order valence-corrected chi connectivity index (χ0v) is 12.1.